The average molecular weight is 1790 g/mol. The summed E-state index contributed by atoms with van der Waals surface area (Å²) in [6, 6.07) is -2.24. The van der Waals surface area contributed by atoms with Gasteiger partial charge in [0.2, 0.25) is 23.6 Å². The van der Waals surface area contributed by atoms with E-state index in [0.29, 0.717) is 77.3 Å². The molecule has 0 spiro atoms. The highest BCUT2D eigenvalue weighted by Gasteiger charge is 2.50. The Bertz CT molecular complexity index is 3490. The van der Waals surface area contributed by atoms with Crippen LogP contribution in [0.2, 0.25) is 0 Å². The molecule has 2 rings (SSSR count). The smallest absolute Gasteiger partial charge is 0.408 e. The second-order valence-corrected chi connectivity index (χ2v) is 30.7. The van der Waals surface area contributed by atoms with Gasteiger partial charge in [0.15, 0.2) is 24.5 Å². The quantitative estimate of drug-likeness (QED) is 0.0154. The van der Waals surface area contributed by atoms with Gasteiger partial charge >= 0.3 is 12.1 Å². The lowest BCUT2D eigenvalue weighted by molar-refractivity contribution is -0.328. The number of carbonyl (C=O) groups excluding carboxylic acids is 7. The van der Waals surface area contributed by atoms with Crippen LogP contribution >= 0.6 is 0 Å². The maximum Gasteiger partial charge on any atom is 0.408 e. The largest absolute Gasteiger partial charge is 0.464 e. The Morgan fingerprint density at radius 1 is 0.359 bits per heavy atom. The number of alkyl carbamates (subject to hydrolysis) is 1. The summed E-state index contributed by atoms with van der Waals surface area (Å²) in [5.41, 5.74) is 0. The number of esters is 1. The summed E-state index contributed by atoms with van der Waals surface area (Å²) in [4.78, 5) is 95.9. The van der Waals surface area contributed by atoms with Crippen molar-refractivity contribution in [2.75, 3.05) is 53.7 Å². The monoisotopic (exact) mass is 1790 g/mol. The maximum absolute atomic E-state index is 14.7. The Labute approximate surface area is 769 Å². The lowest BCUT2D eigenvalue weighted by Gasteiger charge is -2.43. The van der Waals surface area contributed by atoms with Crippen molar-refractivity contribution in [3.63, 3.8) is 0 Å². The van der Waals surface area contributed by atoms with Crippen LogP contribution < -0.4 is 26.6 Å². The molecule has 24 nitrogen and oxygen atoms in total. The van der Waals surface area contributed by atoms with Gasteiger partial charge in [-0.25, -0.2) is 9.59 Å². The van der Waals surface area contributed by atoms with Crippen molar-refractivity contribution in [2.45, 2.75) is 334 Å². The lowest BCUT2D eigenvalue weighted by Crippen LogP contribution is -2.62. The minimum absolute atomic E-state index is 0. The molecule has 0 aliphatic carbocycles. The Balaban J connectivity index is 0.0000806. The van der Waals surface area contributed by atoms with Gasteiger partial charge in [-0.05, 0) is 193 Å². The van der Waals surface area contributed by atoms with Crippen molar-refractivity contribution in [3.8, 4) is 0 Å². The molecular formula is C104H165N5O19. The van der Waals surface area contributed by atoms with E-state index in [1.165, 1.54) is 14.2 Å². The predicted molar refractivity (Wildman–Crippen MR) is 517 cm³/mol. The van der Waals surface area contributed by atoms with E-state index in [1.54, 1.807) is 6.92 Å². The lowest BCUT2D eigenvalue weighted by atomic mass is 9.91. The highest BCUT2D eigenvalue weighted by atomic mass is 16.7. The van der Waals surface area contributed by atoms with Gasteiger partial charge in [0.25, 0.3) is 0 Å². The Morgan fingerprint density at radius 2 is 0.703 bits per heavy atom. The van der Waals surface area contributed by atoms with E-state index in [-0.39, 0.29) is 103 Å². The third kappa shape index (κ3) is 62.4. The van der Waals surface area contributed by atoms with Crippen molar-refractivity contribution in [1.29, 1.82) is 0 Å². The summed E-state index contributed by atoms with van der Waals surface area (Å²) in [6.07, 6.45) is 81.1. The number of carbonyl (C=O) groups is 7. The standard InChI is InChI=1S/C102H157N5O19.2CH4/c1-7-11-14-17-20-23-26-29-32-35-38-41-44-47-50-53-56-59-62-74-89(109)103-77-68-65-71-83(98(117)105-79-70-67-73-85(99(118)122-10-4)107-102(119)126-97-93(113)88(124-100(121-6)96(97)116)82-123-101-95(115)94(114)92(112)87(125-101)81-120-5)80-86(108)84(106-91(111)76-64-61-58-55-52-49-46-43-40-37-34-31-28-25-22-19-16-13-9-3)72-66-69-78-104-90(110)75-63-60-57-54-51-48-45-42-39-36-33-30-27-24-21-18-15-12-8-2;;/h11-16,20-25,29-34,38-43,47-52,56-61,83-85,87-88,92-97,100-101,112-116H,7-10,17-19,26-28,35-37,44-46,53-55,62-82H2,1-6H3,(H,103,109)(H,104,110)(H,105,117)(H,106,111)(H,107,119);2*1H4/b14-11-,15-12-,16-13-,23-20-,24-21-,25-22-,32-29-,33-30-,34-31-,41-38-,42-39-,43-40-,50-47-,51-48-,52-49-,59-56-,60-57-,61-58-;;/t83-,84+,85+,87?,88?,92-,93-,94+,95?,96?,97+,100+,101+;;/m1../s1. The molecule has 0 bridgehead atoms. The van der Waals surface area contributed by atoms with Crippen LogP contribution in [0.3, 0.4) is 0 Å². The third-order valence-corrected chi connectivity index (χ3v) is 20.1. The zero-order valence-electron chi connectivity index (χ0n) is 76.5. The number of hydrogen-bond acceptors (Lipinski definition) is 19. The maximum atomic E-state index is 14.7. The van der Waals surface area contributed by atoms with Crippen molar-refractivity contribution in [2.24, 2.45) is 5.92 Å². The zero-order chi connectivity index (χ0) is 91.8. The highest BCUT2D eigenvalue weighted by Crippen LogP contribution is 2.28. The number of Topliss-reactive ketones (excluding diaryl/α,β-unsaturated/α-hetero) is 1. The molecule has 2 aliphatic rings. The number of hydrogen-bond donors (Lipinski definition) is 10. The number of aliphatic hydroxyl groups excluding tert-OH is 5. The van der Waals surface area contributed by atoms with Crippen LogP contribution in [0.1, 0.15) is 261 Å². The molecule has 4 unspecified atom stereocenters. The first-order valence-electron chi connectivity index (χ1n) is 46.3. The molecule has 720 valence electrons. The number of unbranched alkanes of at least 4 members (excludes halogenated alkanes) is 3. The Morgan fingerprint density at radius 3 is 1.08 bits per heavy atom. The van der Waals surface area contributed by atoms with Crippen LogP contribution in [-0.4, -0.2) is 194 Å². The zero-order valence-corrected chi connectivity index (χ0v) is 76.5. The number of aliphatic hydroxyl groups is 5. The molecule has 13 atom stereocenters. The molecular weight excluding hydrogens is 1620 g/mol. The van der Waals surface area contributed by atoms with Crippen LogP contribution in [0.4, 0.5) is 4.79 Å². The number of amides is 5. The first-order valence-corrected chi connectivity index (χ1v) is 46.3. The Kier molecular flexibility index (Phi) is 78.0. The van der Waals surface area contributed by atoms with E-state index in [2.05, 4.69) is 236 Å². The molecule has 2 fully saturated rings. The second kappa shape index (κ2) is 83.8. The number of rotatable bonds is 72. The molecule has 10 N–H and O–H groups in total. The Hall–Kier alpha value is -8.79. The van der Waals surface area contributed by atoms with Crippen LogP contribution in [-0.2, 0) is 61.9 Å². The molecule has 24 heteroatoms. The van der Waals surface area contributed by atoms with Gasteiger partial charge in [-0.2, -0.15) is 0 Å². The van der Waals surface area contributed by atoms with Crippen molar-refractivity contribution < 1.29 is 92.3 Å². The summed E-state index contributed by atoms with van der Waals surface area (Å²) in [5.74, 6) is -2.92. The van der Waals surface area contributed by atoms with Gasteiger partial charge in [-0.15, -0.1) is 0 Å². The fraction of sp³-hybridized carbons (Fsp3) is 0.587. The second-order valence-electron chi connectivity index (χ2n) is 30.7. The molecule has 128 heavy (non-hydrogen) atoms. The molecule has 0 saturated carbocycles. The molecule has 0 aromatic carbocycles. The molecule has 0 aromatic heterocycles. The molecule has 5 amide bonds. The minimum atomic E-state index is -1.79. The van der Waals surface area contributed by atoms with Crippen LogP contribution in [0.5, 0.6) is 0 Å². The van der Waals surface area contributed by atoms with Crippen LogP contribution in [0.15, 0.2) is 219 Å². The summed E-state index contributed by atoms with van der Waals surface area (Å²) < 4.78 is 38.1. The summed E-state index contributed by atoms with van der Waals surface area (Å²) >= 11 is 0. The molecule has 2 saturated heterocycles. The van der Waals surface area contributed by atoms with Gasteiger partial charge in [0.1, 0.15) is 48.8 Å². The van der Waals surface area contributed by atoms with E-state index in [0.717, 1.165) is 109 Å². The first-order chi connectivity index (χ1) is 61.5. The molecule has 0 radical (unpaired) electrons. The van der Waals surface area contributed by atoms with Gasteiger partial charge in [-0.1, -0.05) is 261 Å². The third-order valence-electron chi connectivity index (χ3n) is 20.1. The highest BCUT2D eigenvalue weighted by molar-refractivity contribution is 5.92. The SMILES string of the molecule is C.C.CC/C=C\C/C=C\C/C=C\C/C=C\C/C=C\C/C=C\CCC(=O)NCCCC[C@H](CC(=O)[C@H](CCCCNC(=O)CC/C=C\C/C=C\C/C=C\C/C=C\C/C=C\C/C=C\CC)NC(=O)CC/C=C\C/C=C\C/C=C\C/C=C\C/C=C\C/C=C\CC)C(=O)NCCCC[C@H](NC(=O)O[C@@H]1C(O)[C@@H](OC)OC(CO[C@H]2OC(COC)[C@@H](O)[C@H](O)C2O)[C@H]1O)C(=O)OCC. The number of allylic oxidation sites excluding steroid dienone is 36. The normalized spacial score (nSPS) is 20.4. The summed E-state index contributed by atoms with van der Waals surface area (Å²) in [5, 5.41) is 68.5. The van der Waals surface area contributed by atoms with E-state index >= 15 is 0 Å². The number of ether oxygens (including phenoxy) is 7. The van der Waals surface area contributed by atoms with Gasteiger partial charge in [-0.3, -0.25) is 24.0 Å². The topological polar surface area (TPSA) is 345 Å². The number of nitrogens with one attached hydrogen (secondary N) is 5. The molecule has 2 aliphatic heterocycles. The van der Waals surface area contributed by atoms with E-state index in [4.69, 9.17) is 33.2 Å². The number of ketones is 1. The fourth-order valence-electron chi connectivity index (χ4n) is 13.0. The van der Waals surface area contributed by atoms with E-state index < -0.39 is 104 Å². The van der Waals surface area contributed by atoms with Gasteiger partial charge < -0.3 is 85.3 Å². The van der Waals surface area contributed by atoms with Crippen LogP contribution in [0, 0.1) is 5.92 Å². The predicted octanol–water partition coefficient (Wildman–Crippen LogP) is 18.2. The van der Waals surface area contributed by atoms with Crippen molar-refractivity contribution in [1.82, 2.24) is 26.6 Å². The van der Waals surface area contributed by atoms with Gasteiger partial charge in [0, 0.05) is 65.5 Å². The van der Waals surface area contributed by atoms with Crippen LogP contribution in [0.25, 0.3) is 0 Å². The van der Waals surface area contributed by atoms with Gasteiger partial charge in [0.05, 0.1) is 25.9 Å². The van der Waals surface area contributed by atoms with Crippen molar-refractivity contribution >= 4 is 41.5 Å². The summed E-state index contributed by atoms with van der Waals surface area (Å²) in [7, 11) is 2.54. The first kappa shape index (κ1) is 119. The fourth-order valence-corrected chi connectivity index (χ4v) is 13.0. The van der Waals surface area contributed by atoms with Crippen molar-refractivity contribution in [3.05, 3.63) is 219 Å². The average Bonchev–Trinajstić information content (AvgIpc) is 0.799. The molecule has 2 heterocycles. The van der Waals surface area contributed by atoms with E-state index in [1.807, 2.05) is 30.4 Å². The number of methoxy groups -OCH3 is 2. The van der Waals surface area contributed by atoms with E-state index in [9.17, 15) is 59.1 Å². The minimum Gasteiger partial charge on any atom is -0.464 e. The molecule has 0 aromatic rings. The summed E-state index contributed by atoms with van der Waals surface area (Å²) in [6.45, 7) is 8.01.